The van der Waals surface area contributed by atoms with Crippen LogP contribution in [0.3, 0.4) is 0 Å². The Kier molecular flexibility index (Phi) is 5.49. The van der Waals surface area contributed by atoms with Crippen LogP contribution in [0.1, 0.15) is 19.8 Å². The second kappa shape index (κ2) is 7.35. The number of nitrogens with one attached hydrogen (secondary N) is 2. The maximum absolute atomic E-state index is 13.1. The van der Waals surface area contributed by atoms with Gasteiger partial charge in [0.1, 0.15) is 5.82 Å². The maximum atomic E-state index is 13.1. The summed E-state index contributed by atoms with van der Waals surface area (Å²) in [4.78, 5) is 27.0. The second-order valence-electron chi connectivity index (χ2n) is 5.84. The molecule has 0 aliphatic carbocycles. The molecule has 0 bridgehead atoms. The predicted octanol–water partition coefficient (Wildman–Crippen LogP) is 0.290. The first kappa shape index (κ1) is 16.4. The third kappa shape index (κ3) is 4.27. The lowest BCUT2D eigenvalue weighted by Gasteiger charge is -2.24. The highest BCUT2D eigenvalue weighted by atomic mass is 19.1. The monoisotopic (exact) mass is 308 g/mol. The minimum absolute atomic E-state index is 0.0913. The molecule has 2 rings (SSSR count). The van der Waals surface area contributed by atoms with Crippen molar-refractivity contribution in [3.63, 3.8) is 0 Å². The van der Waals surface area contributed by atoms with Gasteiger partial charge in [0.2, 0.25) is 0 Å². The van der Waals surface area contributed by atoms with E-state index in [0.717, 1.165) is 30.8 Å². The van der Waals surface area contributed by atoms with Gasteiger partial charge >= 0.3 is 0 Å². The molecule has 6 heteroatoms. The van der Waals surface area contributed by atoms with E-state index >= 15 is 0 Å². The first-order valence-electron chi connectivity index (χ1n) is 7.64. The number of hydrogen-bond donors (Lipinski definition) is 2. The smallest absolute Gasteiger partial charge is 0.280 e. The number of likely N-dealkylation sites (tertiary alicyclic amines) is 1. The number of amides is 2. The molecule has 1 aromatic rings. The van der Waals surface area contributed by atoms with E-state index in [2.05, 4.69) is 5.32 Å². The van der Waals surface area contributed by atoms with Gasteiger partial charge in [-0.15, -0.1) is 0 Å². The molecule has 0 saturated carbocycles. The van der Waals surface area contributed by atoms with Crippen LogP contribution in [0.2, 0.25) is 0 Å². The number of carbonyl (C=O) groups is 2. The van der Waals surface area contributed by atoms with Crippen LogP contribution in [0.5, 0.6) is 0 Å². The Balaban J connectivity index is 1.86. The topological polar surface area (TPSA) is 53.9 Å². The number of halogens is 1. The van der Waals surface area contributed by atoms with E-state index in [1.54, 1.807) is 12.1 Å². The van der Waals surface area contributed by atoms with Gasteiger partial charge in [-0.3, -0.25) is 9.59 Å². The molecule has 1 fully saturated rings. The van der Waals surface area contributed by atoms with Gasteiger partial charge in [0.05, 0.1) is 7.05 Å². The van der Waals surface area contributed by atoms with Crippen LogP contribution in [0.4, 0.5) is 10.1 Å². The van der Waals surface area contributed by atoms with E-state index in [4.69, 9.17) is 0 Å². The fourth-order valence-electron chi connectivity index (χ4n) is 2.60. The highest BCUT2D eigenvalue weighted by Gasteiger charge is 2.29. The standard InChI is InChI=1S/C16H22FN3O2/c1-12(16(22)20-8-3-4-9-20)19(2)11-15(21)18-14-7-5-6-13(17)10-14/h5-7,10,12H,3-4,8-9,11H2,1-2H3,(H,18,21)/p+1/t12-/m0/s1. The van der Waals surface area contributed by atoms with Gasteiger partial charge < -0.3 is 15.1 Å². The highest BCUT2D eigenvalue weighted by molar-refractivity contribution is 5.91. The van der Waals surface area contributed by atoms with Gasteiger partial charge in [0.15, 0.2) is 12.6 Å². The molecule has 22 heavy (non-hydrogen) atoms. The van der Waals surface area contributed by atoms with Gasteiger partial charge in [-0.1, -0.05) is 6.07 Å². The van der Waals surface area contributed by atoms with Crippen LogP contribution in [0, 0.1) is 5.82 Å². The average Bonchev–Trinajstić information content (AvgIpc) is 2.99. The number of rotatable bonds is 5. The van der Waals surface area contributed by atoms with Crippen LogP contribution in [0.25, 0.3) is 0 Å². The Morgan fingerprint density at radius 3 is 2.68 bits per heavy atom. The summed E-state index contributed by atoms with van der Waals surface area (Å²) in [5.74, 6) is -0.534. The van der Waals surface area contributed by atoms with E-state index in [9.17, 15) is 14.0 Å². The average molecular weight is 308 g/mol. The van der Waals surface area contributed by atoms with E-state index < -0.39 is 5.82 Å². The molecular weight excluding hydrogens is 285 g/mol. The Labute approximate surface area is 130 Å². The first-order chi connectivity index (χ1) is 10.5. The summed E-state index contributed by atoms with van der Waals surface area (Å²) >= 11 is 0. The minimum atomic E-state index is -0.393. The van der Waals surface area contributed by atoms with Gasteiger partial charge in [-0.05, 0) is 38.0 Å². The van der Waals surface area contributed by atoms with Crippen LogP contribution < -0.4 is 10.2 Å². The summed E-state index contributed by atoms with van der Waals surface area (Å²) in [6.07, 6.45) is 2.11. The van der Waals surface area contributed by atoms with Crippen molar-refractivity contribution >= 4 is 17.5 Å². The number of hydrogen-bond acceptors (Lipinski definition) is 2. The van der Waals surface area contributed by atoms with Gasteiger partial charge in [0, 0.05) is 18.8 Å². The van der Waals surface area contributed by atoms with E-state index in [1.807, 2.05) is 18.9 Å². The minimum Gasteiger partial charge on any atom is -0.338 e. The lowest BCUT2D eigenvalue weighted by molar-refractivity contribution is -0.886. The molecule has 2 atom stereocenters. The summed E-state index contributed by atoms with van der Waals surface area (Å²) in [6.45, 7) is 3.63. The Bertz CT molecular complexity index is 544. The zero-order valence-electron chi connectivity index (χ0n) is 13.1. The van der Waals surface area contributed by atoms with Crippen molar-refractivity contribution in [3.8, 4) is 0 Å². The Morgan fingerprint density at radius 1 is 1.36 bits per heavy atom. The Morgan fingerprint density at radius 2 is 2.05 bits per heavy atom. The summed E-state index contributed by atoms with van der Waals surface area (Å²) in [5.41, 5.74) is 0.427. The third-order valence-corrected chi connectivity index (χ3v) is 4.08. The van der Waals surface area contributed by atoms with Gasteiger partial charge in [0.25, 0.3) is 11.8 Å². The lowest BCUT2D eigenvalue weighted by atomic mass is 10.2. The van der Waals surface area contributed by atoms with Crippen LogP contribution in [-0.4, -0.2) is 49.4 Å². The molecule has 1 aromatic carbocycles. The molecule has 2 N–H and O–H groups in total. The molecular formula is C16H23FN3O2+. The lowest BCUT2D eigenvalue weighted by Crippen LogP contribution is -3.15. The van der Waals surface area contributed by atoms with Crippen molar-refractivity contribution in [2.24, 2.45) is 0 Å². The predicted molar refractivity (Wildman–Crippen MR) is 82.1 cm³/mol. The van der Waals surface area contributed by atoms with Crippen LogP contribution >= 0.6 is 0 Å². The Hall–Kier alpha value is -1.95. The number of nitrogens with zero attached hydrogens (tertiary/aromatic N) is 1. The van der Waals surface area contributed by atoms with Crippen LogP contribution in [-0.2, 0) is 9.59 Å². The molecule has 1 heterocycles. The van der Waals surface area contributed by atoms with Crippen molar-refractivity contribution < 1.29 is 18.9 Å². The molecule has 120 valence electrons. The zero-order chi connectivity index (χ0) is 16.1. The van der Waals surface area contributed by atoms with Gasteiger partial charge in [-0.25, -0.2) is 4.39 Å². The molecule has 0 spiro atoms. The number of likely N-dealkylation sites (N-methyl/N-ethyl adjacent to an activating group) is 1. The summed E-state index contributed by atoms with van der Waals surface area (Å²) in [6, 6.07) is 5.50. The van der Waals surface area contributed by atoms with Crippen LogP contribution in [0.15, 0.2) is 24.3 Å². The van der Waals surface area contributed by atoms with E-state index in [1.165, 1.54) is 12.1 Å². The van der Waals surface area contributed by atoms with Crippen molar-refractivity contribution in [2.45, 2.75) is 25.8 Å². The largest absolute Gasteiger partial charge is 0.338 e. The fourth-order valence-corrected chi connectivity index (χ4v) is 2.60. The fraction of sp³-hybridized carbons (Fsp3) is 0.500. The molecule has 1 saturated heterocycles. The van der Waals surface area contributed by atoms with Gasteiger partial charge in [-0.2, -0.15) is 0 Å². The summed E-state index contributed by atoms with van der Waals surface area (Å²) in [5, 5.41) is 2.65. The normalized spacial score (nSPS) is 17.1. The molecule has 1 aliphatic rings. The molecule has 1 unspecified atom stereocenters. The van der Waals surface area contributed by atoms with E-state index in [0.29, 0.717) is 5.69 Å². The number of anilines is 1. The van der Waals surface area contributed by atoms with Crippen molar-refractivity contribution in [1.29, 1.82) is 0 Å². The van der Waals surface area contributed by atoms with Crippen molar-refractivity contribution in [3.05, 3.63) is 30.1 Å². The highest BCUT2D eigenvalue weighted by Crippen LogP contribution is 2.09. The van der Waals surface area contributed by atoms with Crippen molar-refractivity contribution in [2.75, 3.05) is 32.0 Å². The maximum Gasteiger partial charge on any atom is 0.280 e. The number of carbonyl (C=O) groups excluding carboxylic acids is 2. The van der Waals surface area contributed by atoms with E-state index in [-0.39, 0.29) is 24.4 Å². The quantitative estimate of drug-likeness (QED) is 0.821. The molecule has 1 aliphatic heterocycles. The SMILES string of the molecule is C[C@@H](C(=O)N1CCCC1)[NH+](C)CC(=O)Nc1cccc(F)c1. The second-order valence-corrected chi connectivity index (χ2v) is 5.84. The zero-order valence-corrected chi connectivity index (χ0v) is 13.1. The number of benzene rings is 1. The molecule has 2 amide bonds. The molecule has 0 radical (unpaired) electrons. The molecule has 0 aromatic heterocycles. The number of quaternary nitrogens is 1. The van der Waals surface area contributed by atoms with Crippen molar-refractivity contribution in [1.82, 2.24) is 4.90 Å². The summed E-state index contributed by atoms with van der Waals surface area (Å²) in [7, 11) is 1.82. The first-order valence-corrected chi connectivity index (χ1v) is 7.64. The summed E-state index contributed by atoms with van der Waals surface area (Å²) < 4.78 is 13.1. The third-order valence-electron chi connectivity index (χ3n) is 4.08. The molecule has 5 nitrogen and oxygen atoms in total.